The number of nitrogens with zero attached hydrogens (tertiary/aromatic N) is 1. The first-order chi connectivity index (χ1) is 12.9. The molecule has 1 atom stereocenters. The lowest BCUT2D eigenvalue weighted by Crippen LogP contribution is -2.38. The summed E-state index contributed by atoms with van der Waals surface area (Å²) < 4.78 is 44.7. The molecule has 0 bridgehead atoms. The van der Waals surface area contributed by atoms with Crippen molar-refractivity contribution in [3.8, 4) is 0 Å². The number of para-hydroxylation sites is 1. The summed E-state index contributed by atoms with van der Waals surface area (Å²) in [6.45, 7) is 1.17. The Balaban J connectivity index is 1.77. The van der Waals surface area contributed by atoms with Gasteiger partial charge in [-0.25, -0.2) is 4.79 Å². The number of amides is 2. The van der Waals surface area contributed by atoms with Crippen LogP contribution in [0.5, 0.6) is 0 Å². The first-order valence-electron chi connectivity index (χ1n) is 8.66. The second-order valence-corrected chi connectivity index (χ2v) is 6.36. The number of benzene rings is 1. The van der Waals surface area contributed by atoms with Crippen LogP contribution in [0.15, 0.2) is 48.8 Å². The molecule has 1 fully saturated rings. The number of hydrogen-bond acceptors (Lipinski definition) is 3. The van der Waals surface area contributed by atoms with E-state index >= 15 is 0 Å². The fourth-order valence-corrected chi connectivity index (χ4v) is 3.22. The molecule has 27 heavy (non-hydrogen) atoms. The van der Waals surface area contributed by atoms with Crippen molar-refractivity contribution in [2.45, 2.75) is 25.1 Å². The van der Waals surface area contributed by atoms with Crippen LogP contribution in [-0.2, 0) is 10.9 Å². The lowest BCUT2D eigenvalue weighted by Gasteiger charge is -2.31. The number of urea groups is 1. The second-order valence-electron chi connectivity index (χ2n) is 6.36. The van der Waals surface area contributed by atoms with Gasteiger partial charge in [-0.05, 0) is 42.5 Å². The number of alkyl halides is 3. The number of carbonyl (C=O) groups excluding carboxylic acids is 1. The SMILES string of the molecule is O=C(Nc1ccccc1C(F)(F)F)N[C@H](c1cccnc1)C1CCOCC1. The van der Waals surface area contributed by atoms with Crippen LogP contribution >= 0.6 is 0 Å². The number of rotatable bonds is 4. The van der Waals surface area contributed by atoms with Gasteiger partial charge in [0.2, 0.25) is 0 Å². The van der Waals surface area contributed by atoms with E-state index in [1.165, 1.54) is 18.2 Å². The van der Waals surface area contributed by atoms with E-state index in [9.17, 15) is 18.0 Å². The number of aromatic nitrogens is 1. The van der Waals surface area contributed by atoms with Crippen molar-refractivity contribution < 1.29 is 22.7 Å². The van der Waals surface area contributed by atoms with E-state index in [1.807, 2.05) is 6.07 Å². The number of hydrogen-bond donors (Lipinski definition) is 2. The molecule has 1 aliphatic rings. The maximum atomic E-state index is 13.1. The van der Waals surface area contributed by atoms with Crippen molar-refractivity contribution in [2.24, 2.45) is 5.92 Å². The summed E-state index contributed by atoms with van der Waals surface area (Å²) in [5, 5.41) is 5.15. The molecule has 1 aliphatic heterocycles. The molecule has 1 aromatic heterocycles. The quantitative estimate of drug-likeness (QED) is 0.828. The van der Waals surface area contributed by atoms with Gasteiger partial charge in [0.25, 0.3) is 0 Å². The molecule has 0 radical (unpaired) electrons. The van der Waals surface area contributed by atoms with Gasteiger partial charge in [0.15, 0.2) is 0 Å². The highest BCUT2D eigenvalue weighted by atomic mass is 19.4. The van der Waals surface area contributed by atoms with Crippen molar-refractivity contribution in [3.05, 3.63) is 59.9 Å². The third kappa shape index (κ3) is 4.97. The summed E-state index contributed by atoms with van der Waals surface area (Å²) in [4.78, 5) is 16.6. The monoisotopic (exact) mass is 379 g/mol. The predicted octanol–water partition coefficient (Wildman–Crippen LogP) is 4.39. The summed E-state index contributed by atoms with van der Waals surface area (Å²) >= 11 is 0. The lowest BCUT2D eigenvalue weighted by atomic mass is 9.88. The normalized spacial score (nSPS) is 16.6. The van der Waals surface area contributed by atoms with Crippen LogP contribution in [0.1, 0.15) is 30.0 Å². The zero-order valence-corrected chi connectivity index (χ0v) is 14.5. The molecule has 8 heteroatoms. The number of carbonyl (C=O) groups is 1. The highest BCUT2D eigenvalue weighted by Crippen LogP contribution is 2.35. The zero-order chi connectivity index (χ0) is 19.3. The Morgan fingerprint density at radius 1 is 1.15 bits per heavy atom. The molecule has 144 valence electrons. The highest BCUT2D eigenvalue weighted by molar-refractivity contribution is 5.90. The van der Waals surface area contributed by atoms with Crippen LogP contribution in [0.4, 0.5) is 23.7 Å². The zero-order valence-electron chi connectivity index (χ0n) is 14.5. The van der Waals surface area contributed by atoms with Gasteiger partial charge in [-0.1, -0.05) is 18.2 Å². The Morgan fingerprint density at radius 2 is 1.89 bits per heavy atom. The van der Waals surface area contributed by atoms with Crippen molar-refractivity contribution in [1.82, 2.24) is 10.3 Å². The molecule has 0 aliphatic carbocycles. The third-order valence-electron chi connectivity index (χ3n) is 4.55. The molecule has 3 rings (SSSR count). The van der Waals surface area contributed by atoms with Crippen molar-refractivity contribution in [1.29, 1.82) is 0 Å². The summed E-state index contributed by atoms with van der Waals surface area (Å²) in [6, 6.07) is 7.46. The fraction of sp³-hybridized carbons (Fsp3) is 0.368. The highest BCUT2D eigenvalue weighted by Gasteiger charge is 2.34. The molecule has 5 nitrogen and oxygen atoms in total. The van der Waals surface area contributed by atoms with Crippen molar-refractivity contribution in [2.75, 3.05) is 18.5 Å². The topological polar surface area (TPSA) is 63.2 Å². The molecule has 0 saturated carbocycles. The van der Waals surface area contributed by atoms with Crippen LogP contribution in [0, 0.1) is 5.92 Å². The molecule has 2 amide bonds. The fourth-order valence-electron chi connectivity index (χ4n) is 3.22. The van der Waals surface area contributed by atoms with Gasteiger partial charge in [-0.3, -0.25) is 4.98 Å². The molecular weight excluding hydrogens is 359 g/mol. The van der Waals surface area contributed by atoms with Crippen LogP contribution in [-0.4, -0.2) is 24.2 Å². The van der Waals surface area contributed by atoms with Gasteiger partial charge >= 0.3 is 12.2 Å². The Kier molecular flexibility index (Phi) is 5.95. The maximum Gasteiger partial charge on any atom is 0.418 e. The smallest absolute Gasteiger partial charge is 0.381 e. The van der Waals surface area contributed by atoms with Crippen molar-refractivity contribution in [3.63, 3.8) is 0 Å². The summed E-state index contributed by atoms with van der Waals surface area (Å²) in [5.41, 5.74) is -0.354. The first kappa shape index (κ1) is 19.2. The predicted molar refractivity (Wildman–Crippen MR) is 94.1 cm³/mol. The molecule has 2 aromatic rings. The Morgan fingerprint density at radius 3 is 2.56 bits per heavy atom. The molecule has 1 saturated heterocycles. The van der Waals surface area contributed by atoms with Gasteiger partial charge < -0.3 is 15.4 Å². The van der Waals surface area contributed by atoms with Gasteiger partial charge in [0.1, 0.15) is 0 Å². The summed E-state index contributed by atoms with van der Waals surface area (Å²) in [6.07, 6.45) is 0.236. The third-order valence-corrected chi connectivity index (χ3v) is 4.55. The minimum Gasteiger partial charge on any atom is -0.381 e. The summed E-state index contributed by atoms with van der Waals surface area (Å²) in [7, 11) is 0. The van der Waals surface area contributed by atoms with E-state index in [2.05, 4.69) is 15.6 Å². The van der Waals surface area contributed by atoms with Crippen LogP contribution in [0.3, 0.4) is 0 Å². The number of pyridine rings is 1. The number of ether oxygens (including phenoxy) is 1. The maximum absolute atomic E-state index is 13.1. The molecular formula is C19H20F3N3O2. The largest absolute Gasteiger partial charge is 0.418 e. The molecule has 0 spiro atoms. The van der Waals surface area contributed by atoms with Gasteiger partial charge in [-0.2, -0.15) is 13.2 Å². The number of halogens is 3. The van der Waals surface area contributed by atoms with Crippen LogP contribution < -0.4 is 10.6 Å². The minimum absolute atomic E-state index is 0.117. The molecule has 0 unspecified atom stereocenters. The van der Waals surface area contributed by atoms with Gasteiger partial charge in [-0.15, -0.1) is 0 Å². The standard InChI is InChI=1S/C19H20F3N3O2/c20-19(21,22)15-5-1-2-6-16(15)24-18(26)25-17(13-7-10-27-11-8-13)14-4-3-9-23-12-14/h1-6,9,12-13,17H,7-8,10-11H2,(H2,24,25,26)/t17-/m0/s1. The summed E-state index contributed by atoms with van der Waals surface area (Å²) in [5.74, 6) is 0.117. The Bertz CT molecular complexity index is 762. The number of anilines is 1. The van der Waals surface area contributed by atoms with E-state index in [0.29, 0.717) is 13.2 Å². The average molecular weight is 379 g/mol. The lowest BCUT2D eigenvalue weighted by molar-refractivity contribution is -0.136. The minimum atomic E-state index is -4.55. The van der Waals surface area contributed by atoms with Crippen molar-refractivity contribution >= 4 is 11.7 Å². The Labute approximate surface area is 154 Å². The van der Waals surface area contributed by atoms with Crippen LogP contribution in [0.2, 0.25) is 0 Å². The average Bonchev–Trinajstić information content (AvgIpc) is 2.67. The molecule has 1 aromatic carbocycles. The van der Waals surface area contributed by atoms with E-state index in [-0.39, 0.29) is 17.6 Å². The van der Waals surface area contributed by atoms with E-state index < -0.39 is 17.8 Å². The Hall–Kier alpha value is -2.61. The van der Waals surface area contributed by atoms with E-state index in [1.54, 1.807) is 18.5 Å². The van der Waals surface area contributed by atoms with E-state index in [4.69, 9.17) is 4.74 Å². The van der Waals surface area contributed by atoms with Gasteiger partial charge in [0, 0.05) is 25.6 Å². The van der Waals surface area contributed by atoms with Gasteiger partial charge in [0.05, 0.1) is 17.3 Å². The first-order valence-corrected chi connectivity index (χ1v) is 8.66. The molecule has 2 N–H and O–H groups in total. The molecule has 2 heterocycles. The second kappa shape index (κ2) is 8.39. The van der Waals surface area contributed by atoms with E-state index in [0.717, 1.165) is 24.5 Å². The van der Waals surface area contributed by atoms with Crippen LogP contribution in [0.25, 0.3) is 0 Å². The number of nitrogens with one attached hydrogen (secondary N) is 2.